The Hall–Kier alpha value is -1.68. The summed E-state index contributed by atoms with van der Waals surface area (Å²) in [5, 5.41) is 12.5. The first-order valence-corrected chi connectivity index (χ1v) is 4.48. The van der Waals surface area contributed by atoms with E-state index in [0.717, 1.165) is 5.69 Å². The molecule has 1 aliphatic rings. The van der Waals surface area contributed by atoms with Crippen molar-refractivity contribution in [3.05, 3.63) is 42.2 Å². The second-order valence-electron chi connectivity index (χ2n) is 3.17. The smallest absolute Gasteiger partial charge is 0.136 e. The van der Waals surface area contributed by atoms with Crippen molar-refractivity contribution in [1.82, 2.24) is 10.4 Å². The number of hydrogen-bond donors (Lipinski definition) is 2. The number of benzene rings is 1. The summed E-state index contributed by atoms with van der Waals surface area (Å²) in [6, 6.07) is 8.06. The standard InChI is InChI=1S/C10H13N3O/c1-9-2-4-10(5-3-9)13-11-6-7-12(13)8-14/h2-7,11,14H,8H2,1H3. The Morgan fingerprint density at radius 3 is 2.64 bits per heavy atom. The first-order chi connectivity index (χ1) is 6.81. The van der Waals surface area contributed by atoms with E-state index in [1.807, 2.05) is 31.2 Å². The minimum atomic E-state index is -0.0443. The average Bonchev–Trinajstić information content (AvgIpc) is 2.67. The maximum Gasteiger partial charge on any atom is 0.136 e. The van der Waals surface area contributed by atoms with Crippen LogP contribution < -0.4 is 10.5 Å². The van der Waals surface area contributed by atoms with E-state index in [1.165, 1.54) is 5.56 Å². The van der Waals surface area contributed by atoms with Crippen LogP contribution in [0.1, 0.15) is 5.56 Å². The van der Waals surface area contributed by atoms with E-state index in [0.29, 0.717) is 0 Å². The molecule has 4 nitrogen and oxygen atoms in total. The third-order valence-corrected chi connectivity index (χ3v) is 2.12. The molecular formula is C10H13N3O. The molecule has 0 unspecified atom stereocenters. The lowest BCUT2D eigenvalue weighted by atomic mass is 10.2. The van der Waals surface area contributed by atoms with Crippen molar-refractivity contribution >= 4 is 5.69 Å². The van der Waals surface area contributed by atoms with Crippen LogP contribution in [0.2, 0.25) is 0 Å². The maximum absolute atomic E-state index is 9.05. The lowest BCUT2D eigenvalue weighted by Gasteiger charge is -2.28. The van der Waals surface area contributed by atoms with Gasteiger partial charge >= 0.3 is 0 Å². The van der Waals surface area contributed by atoms with Gasteiger partial charge in [-0.1, -0.05) is 17.7 Å². The van der Waals surface area contributed by atoms with Crippen molar-refractivity contribution in [2.24, 2.45) is 0 Å². The van der Waals surface area contributed by atoms with Crippen LogP contribution in [0.3, 0.4) is 0 Å². The van der Waals surface area contributed by atoms with Crippen molar-refractivity contribution in [3.8, 4) is 0 Å². The second kappa shape index (κ2) is 3.59. The molecule has 0 bridgehead atoms. The van der Waals surface area contributed by atoms with Crippen LogP contribution in [-0.2, 0) is 0 Å². The zero-order chi connectivity index (χ0) is 9.97. The van der Waals surface area contributed by atoms with E-state index in [2.05, 4.69) is 5.43 Å². The fourth-order valence-electron chi connectivity index (χ4n) is 1.35. The summed E-state index contributed by atoms with van der Waals surface area (Å²) < 4.78 is 0. The molecule has 2 rings (SSSR count). The Balaban J connectivity index is 2.19. The highest BCUT2D eigenvalue weighted by Gasteiger charge is 2.14. The number of hydrogen-bond acceptors (Lipinski definition) is 4. The highest BCUT2D eigenvalue weighted by Crippen LogP contribution is 2.17. The lowest BCUT2D eigenvalue weighted by Crippen LogP contribution is -2.42. The third-order valence-electron chi connectivity index (χ3n) is 2.12. The Morgan fingerprint density at radius 1 is 1.29 bits per heavy atom. The molecular weight excluding hydrogens is 178 g/mol. The Labute approximate surface area is 83.0 Å². The number of hydrazine groups is 2. The lowest BCUT2D eigenvalue weighted by molar-refractivity contribution is 0.142. The van der Waals surface area contributed by atoms with Crippen molar-refractivity contribution in [1.29, 1.82) is 0 Å². The largest absolute Gasteiger partial charge is 0.374 e. The molecule has 0 atom stereocenters. The number of anilines is 1. The number of aryl methyl sites for hydroxylation is 1. The molecule has 1 aromatic carbocycles. The quantitative estimate of drug-likeness (QED) is 0.730. The van der Waals surface area contributed by atoms with Gasteiger partial charge in [0.15, 0.2) is 0 Å². The third kappa shape index (κ3) is 1.52. The van der Waals surface area contributed by atoms with Crippen LogP contribution in [0.25, 0.3) is 0 Å². The fraction of sp³-hybridized carbons (Fsp3) is 0.200. The van der Waals surface area contributed by atoms with E-state index in [-0.39, 0.29) is 6.73 Å². The second-order valence-corrected chi connectivity index (χ2v) is 3.17. The molecule has 1 heterocycles. The molecule has 2 N–H and O–H groups in total. The predicted molar refractivity (Wildman–Crippen MR) is 54.9 cm³/mol. The van der Waals surface area contributed by atoms with E-state index in [9.17, 15) is 0 Å². The molecule has 0 spiro atoms. The Bertz CT molecular complexity index is 334. The van der Waals surface area contributed by atoms with Gasteiger partial charge in [-0.2, -0.15) is 5.12 Å². The summed E-state index contributed by atoms with van der Waals surface area (Å²) in [5.74, 6) is 0. The van der Waals surface area contributed by atoms with Gasteiger partial charge in [0.2, 0.25) is 0 Å². The molecule has 0 aliphatic carbocycles. The zero-order valence-corrected chi connectivity index (χ0v) is 8.01. The summed E-state index contributed by atoms with van der Waals surface area (Å²) in [6.45, 7) is 2.00. The van der Waals surface area contributed by atoms with Crippen LogP contribution in [-0.4, -0.2) is 16.8 Å². The van der Waals surface area contributed by atoms with E-state index < -0.39 is 0 Å². The van der Waals surface area contributed by atoms with Crippen molar-refractivity contribution in [3.63, 3.8) is 0 Å². The van der Waals surface area contributed by atoms with E-state index in [1.54, 1.807) is 22.5 Å². The van der Waals surface area contributed by atoms with Gasteiger partial charge in [-0.25, -0.2) is 5.01 Å². The normalized spacial score (nSPS) is 14.7. The number of aliphatic hydroxyl groups is 1. The number of nitrogens with zero attached hydrogens (tertiary/aromatic N) is 2. The summed E-state index contributed by atoms with van der Waals surface area (Å²) in [5.41, 5.74) is 5.23. The van der Waals surface area contributed by atoms with Gasteiger partial charge in [0.05, 0.1) is 5.69 Å². The minimum Gasteiger partial charge on any atom is -0.374 e. The van der Waals surface area contributed by atoms with Gasteiger partial charge in [0.25, 0.3) is 0 Å². The number of aliphatic hydroxyl groups excluding tert-OH is 1. The van der Waals surface area contributed by atoms with Crippen molar-refractivity contribution < 1.29 is 5.11 Å². The summed E-state index contributed by atoms with van der Waals surface area (Å²) in [7, 11) is 0. The number of nitrogens with one attached hydrogen (secondary N) is 1. The highest BCUT2D eigenvalue weighted by molar-refractivity contribution is 5.46. The molecule has 0 radical (unpaired) electrons. The van der Waals surface area contributed by atoms with Gasteiger partial charge in [-0.05, 0) is 19.1 Å². The first-order valence-electron chi connectivity index (χ1n) is 4.48. The zero-order valence-electron chi connectivity index (χ0n) is 8.01. The van der Waals surface area contributed by atoms with Crippen molar-refractivity contribution in [2.45, 2.75) is 6.92 Å². The predicted octanol–water partition coefficient (Wildman–Crippen LogP) is 0.958. The summed E-state index contributed by atoms with van der Waals surface area (Å²) in [6.07, 6.45) is 3.55. The SMILES string of the molecule is Cc1ccc(N2NC=CN2CO)cc1. The van der Waals surface area contributed by atoms with Crippen molar-refractivity contribution in [2.75, 3.05) is 11.8 Å². The van der Waals surface area contributed by atoms with E-state index in [4.69, 9.17) is 5.11 Å². The maximum atomic E-state index is 9.05. The average molecular weight is 191 g/mol. The van der Waals surface area contributed by atoms with Gasteiger partial charge in [-0.3, -0.25) is 5.43 Å². The molecule has 0 fully saturated rings. The topological polar surface area (TPSA) is 38.7 Å². The van der Waals surface area contributed by atoms with Crippen LogP contribution in [0.4, 0.5) is 5.69 Å². The first kappa shape index (κ1) is 8.90. The molecule has 0 aromatic heterocycles. The van der Waals surface area contributed by atoms with E-state index >= 15 is 0 Å². The molecule has 1 aliphatic heterocycles. The molecule has 0 saturated carbocycles. The van der Waals surface area contributed by atoms with Gasteiger partial charge in [0.1, 0.15) is 6.73 Å². The summed E-state index contributed by atoms with van der Waals surface area (Å²) >= 11 is 0. The van der Waals surface area contributed by atoms with Crippen LogP contribution >= 0.6 is 0 Å². The molecule has 1 aromatic rings. The molecule has 14 heavy (non-hydrogen) atoms. The highest BCUT2D eigenvalue weighted by atomic mass is 16.3. The minimum absolute atomic E-state index is 0.0443. The van der Waals surface area contributed by atoms with Gasteiger partial charge < -0.3 is 5.11 Å². The number of rotatable bonds is 2. The molecule has 0 amide bonds. The van der Waals surface area contributed by atoms with Crippen LogP contribution in [0, 0.1) is 6.92 Å². The summed E-state index contributed by atoms with van der Waals surface area (Å²) in [4.78, 5) is 0. The molecule has 74 valence electrons. The molecule has 4 heteroatoms. The Morgan fingerprint density at radius 2 is 2.00 bits per heavy atom. The van der Waals surface area contributed by atoms with Crippen LogP contribution in [0.5, 0.6) is 0 Å². The molecule has 0 saturated heterocycles. The fourth-order valence-corrected chi connectivity index (χ4v) is 1.35. The van der Waals surface area contributed by atoms with Crippen LogP contribution in [0.15, 0.2) is 36.7 Å². The van der Waals surface area contributed by atoms with Gasteiger partial charge in [0, 0.05) is 12.4 Å². The van der Waals surface area contributed by atoms with Gasteiger partial charge in [-0.15, -0.1) is 0 Å². The monoisotopic (exact) mass is 191 g/mol. The Kier molecular flexibility index (Phi) is 2.28.